The van der Waals surface area contributed by atoms with E-state index in [4.69, 9.17) is 21.1 Å². The first-order valence-electron chi connectivity index (χ1n) is 11.0. The van der Waals surface area contributed by atoms with E-state index >= 15 is 4.39 Å². The van der Waals surface area contributed by atoms with Gasteiger partial charge in [-0.05, 0) is 42.0 Å². The number of nitrogens with zero attached hydrogens (tertiary/aromatic N) is 5. The van der Waals surface area contributed by atoms with E-state index in [0.717, 1.165) is 35.2 Å². The number of hydrogen-bond donors (Lipinski definition) is 0. The highest BCUT2D eigenvalue weighted by atomic mass is 35.5. The molecule has 5 rings (SSSR count). The Bertz CT molecular complexity index is 1330. The summed E-state index contributed by atoms with van der Waals surface area (Å²) in [7, 11) is 1.53. The highest BCUT2D eigenvalue weighted by Crippen LogP contribution is 2.36. The van der Waals surface area contributed by atoms with Crippen molar-refractivity contribution in [2.24, 2.45) is 0 Å². The molecule has 0 aliphatic carbocycles. The highest BCUT2D eigenvalue weighted by Gasteiger charge is 2.20. The fourth-order valence-electron chi connectivity index (χ4n) is 4.19. The second-order valence-electron chi connectivity index (χ2n) is 8.10. The van der Waals surface area contributed by atoms with Crippen molar-refractivity contribution in [1.82, 2.24) is 20.2 Å². The summed E-state index contributed by atoms with van der Waals surface area (Å²) in [6.07, 6.45) is 1.47. The largest absolute Gasteiger partial charge is 0.480 e. The standard InChI is InChI=1S/C25H23ClFN5O2/c1-15(22-5-6-24(33-2)31-30-22)18-12-19(21(27)13-20(18)26)25-17-4-3-16(11-23(17)28-14-29-25)32-7-9-34-10-8-32/h3-6,11-15H,7-10H2,1-2H3. The van der Waals surface area contributed by atoms with E-state index in [-0.39, 0.29) is 5.92 Å². The lowest BCUT2D eigenvalue weighted by Crippen LogP contribution is -2.36. The molecule has 0 spiro atoms. The zero-order chi connectivity index (χ0) is 23.7. The lowest BCUT2D eigenvalue weighted by atomic mass is 9.94. The van der Waals surface area contributed by atoms with Crippen molar-refractivity contribution in [3.05, 3.63) is 70.9 Å². The van der Waals surface area contributed by atoms with Crippen molar-refractivity contribution in [2.45, 2.75) is 12.8 Å². The normalized spacial score (nSPS) is 14.9. The van der Waals surface area contributed by atoms with Gasteiger partial charge in [-0.15, -0.1) is 5.10 Å². The first-order valence-corrected chi connectivity index (χ1v) is 11.4. The lowest BCUT2D eigenvalue weighted by Gasteiger charge is -2.29. The molecule has 4 aromatic rings. The van der Waals surface area contributed by atoms with Gasteiger partial charge in [0.05, 0.1) is 37.2 Å². The third kappa shape index (κ3) is 4.26. The Kier molecular flexibility index (Phi) is 6.26. The Labute approximate surface area is 201 Å². The van der Waals surface area contributed by atoms with Gasteiger partial charge in [-0.3, -0.25) is 0 Å². The number of ether oxygens (including phenoxy) is 2. The van der Waals surface area contributed by atoms with Crippen molar-refractivity contribution in [1.29, 1.82) is 0 Å². The zero-order valence-corrected chi connectivity index (χ0v) is 19.6. The average molecular weight is 480 g/mol. The first kappa shape index (κ1) is 22.4. The number of morpholine rings is 1. The van der Waals surface area contributed by atoms with Gasteiger partial charge in [-0.2, -0.15) is 5.10 Å². The Balaban J connectivity index is 1.55. The van der Waals surface area contributed by atoms with Crippen molar-refractivity contribution >= 4 is 28.2 Å². The van der Waals surface area contributed by atoms with Gasteiger partial charge in [0, 0.05) is 46.7 Å². The van der Waals surface area contributed by atoms with Crippen molar-refractivity contribution in [2.75, 3.05) is 38.3 Å². The molecule has 2 aromatic carbocycles. The van der Waals surface area contributed by atoms with E-state index < -0.39 is 5.82 Å². The SMILES string of the molecule is COc1ccc(C(C)c2cc(-c3ncnc4cc(N5CCOCC5)ccc34)c(F)cc2Cl)nn1. The van der Waals surface area contributed by atoms with E-state index in [1.807, 2.05) is 31.2 Å². The molecule has 0 saturated carbocycles. The van der Waals surface area contributed by atoms with Crippen LogP contribution >= 0.6 is 11.6 Å². The predicted octanol–water partition coefficient (Wildman–Crippen LogP) is 4.88. The molecule has 1 saturated heterocycles. The van der Waals surface area contributed by atoms with E-state index in [0.29, 0.717) is 41.1 Å². The summed E-state index contributed by atoms with van der Waals surface area (Å²) in [5, 5.41) is 9.35. The quantitative estimate of drug-likeness (QED) is 0.404. The maximum absolute atomic E-state index is 15.2. The molecule has 3 heterocycles. The Morgan fingerprint density at radius 3 is 2.62 bits per heavy atom. The van der Waals surface area contributed by atoms with Gasteiger partial charge in [0.25, 0.3) is 0 Å². The van der Waals surface area contributed by atoms with Crippen LogP contribution in [0.3, 0.4) is 0 Å². The number of fused-ring (bicyclic) bond motifs is 1. The van der Waals surface area contributed by atoms with E-state index in [1.54, 1.807) is 12.1 Å². The smallest absolute Gasteiger partial charge is 0.233 e. The molecule has 0 bridgehead atoms. The summed E-state index contributed by atoms with van der Waals surface area (Å²) >= 11 is 6.46. The summed E-state index contributed by atoms with van der Waals surface area (Å²) in [4.78, 5) is 11.1. The fraction of sp³-hybridized carbons (Fsp3) is 0.280. The van der Waals surface area contributed by atoms with Gasteiger partial charge in [0.1, 0.15) is 12.1 Å². The van der Waals surface area contributed by atoms with Crippen LogP contribution in [0.4, 0.5) is 10.1 Å². The number of methoxy groups -OCH3 is 1. The van der Waals surface area contributed by atoms with E-state index in [9.17, 15) is 0 Å². The molecular formula is C25H23ClFN5O2. The van der Waals surface area contributed by atoms with Crippen LogP contribution in [0.15, 0.2) is 48.8 Å². The molecule has 7 nitrogen and oxygen atoms in total. The van der Waals surface area contributed by atoms with E-state index in [1.165, 1.54) is 19.5 Å². The van der Waals surface area contributed by atoms with Crippen LogP contribution in [0.25, 0.3) is 22.2 Å². The third-order valence-corrected chi connectivity index (χ3v) is 6.45. The molecule has 1 aliphatic rings. The van der Waals surface area contributed by atoms with Gasteiger partial charge in [-0.25, -0.2) is 14.4 Å². The summed E-state index contributed by atoms with van der Waals surface area (Å²) in [6.45, 7) is 4.99. The monoisotopic (exact) mass is 479 g/mol. The van der Waals surface area contributed by atoms with Gasteiger partial charge in [0.15, 0.2) is 0 Å². The molecule has 2 aromatic heterocycles. The van der Waals surface area contributed by atoms with Crippen LogP contribution in [0.2, 0.25) is 5.02 Å². The van der Waals surface area contributed by atoms with Crippen LogP contribution in [-0.4, -0.2) is 53.6 Å². The van der Waals surface area contributed by atoms with Crippen molar-refractivity contribution in [3.63, 3.8) is 0 Å². The number of benzene rings is 2. The number of aromatic nitrogens is 4. The number of rotatable bonds is 5. The molecule has 0 N–H and O–H groups in total. The molecule has 1 fully saturated rings. The molecule has 1 atom stereocenters. The number of hydrogen-bond acceptors (Lipinski definition) is 7. The molecule has 0 amide bonds. The van der Waals surface area contributed by atoms with Gasteiger partial charge in [-0.1, -0.05) is 18.5 Å². The highest BCUT2D eigenvalue weighted by molar-refractivity contribution is 6.31. The zero-order valence-electron chi connectivity index (χ0n) is 18.8. The fourth-order valence-corrected chi connectivity index (χ4v) is 4.50. The van der Waals surface area contributed by atoms with Gasteiger partial charge >= 0.3 is 0 Å². The second kappa shape index (κ2) is 9.48. The molecule has 1 unspecified atom stereocenters. The molecule has 0 radical (unpaired) electrons. The van der Waals surface area contributed by atoms with Crippen LogP contribution in [-0.2, 0) is 4.74 Å². The van der Waals surface area contributed by atoms with Crippen LogP contribution in [0, 0.1) is 5.82 Å². The molecule has 1 aliphatic heterocycles. The maximum atomic E-state index is 15.2. The van der Waals surface area contributed by atoms with Crippen molar-refractivity contribution < 1.29 is 13.9 Å². The number of anilines is 1. The maximum Gasteiger partial charge on any atom is 0.233 e. The first-order chi connectivity index (χ1) is 16.5. The molecule has 9 heteroatoms. The topological polar surface area (TPSA) is 73.3 Å². The minimum atomic E-state index is -0.445. The van der Waals surface area contributed by atoms with Crippen LogP contribution in [0.1, 0.15) is 24.1 Å². The molecular weight excluding hydrogens is 457 g/mol. The van der Waals surface area contributed by atoms with Gasteiger partial charge < -0.3 is 14.4 Å². The van der Waals surface area contributed by atoms with Crippen molar-refractivity contribution in [3.8, 4) is 17.1 Å². The Morgan fingerprint density at radius 1 is 1.06 bits per heavy atom. The van der Waals surface area contributed by atoms with E-state index in [2.05, 4.69) is 25.1 Å². The average Bonchev–Trinajstić information content (AvgIpc) is 2.88. The second-order valence-corrected chi connectivity index (χ2v) is 8.51. The molecule has 34 heavy (non-hydrogen) atoms. The summed E-state index contributed by atoms with van der Waals surface area (Å²) in [5.74, 6) is -0.240. The summed E-state index contributed by atoms with van der Waals surface area (Å²) in [6, 6.07) is 12.6. The minimum Gasteiger partial charge on any atom is -0.480 e. The van der Waals surface area contributed by atoms with Gasteiger partial charge in [0.2, 0.25) is 5.88 Å². The van der Waals surface area contributed by atoms with Crippen LogP contribution < -0.4 is 9.64 Å². The lowest BCUT2D eigenvalue weighted by molar-refractivity contribution is 0.122. The summed E-state index contributed by atoms with van der Waals surface area (Å²) in [5.41, 5.74) is 4.11. The minimum absolute atomic E-state index is 0.216. The Morgan fingerprint density at radius 2 is 1.88 bits per heavy atom. The van der Waals surface area contributed by atoms with Crippen LogP contribution in [0.5, 0.6) is 5.88 Å². The summed E-state index contributed by atoms with van der Waals surface area (Å²) < 4.78 is 25.7. The molecule has 174 valence electrons. The Hall–Kier alpha value is -3.36. The predicted molar refractivity (Wildman–Crippen MR) is 129 cm³/mol. The number of halogens is 2. The third-order valence-electron chi connectivity index (χ3n) is 6.12.